The van der Waals surface area contributed by atoms with E-state index < -0.39 is 5.97 Å². The van der Waals surface area contributed by atoms with E-state index in [1.807, 2.05) is 0 Å². The van der Waals surface area contributed by atoms with Gasteiger partial charge < -0.3 is 20.1 Å². The van der Waals surface area contributed by atoms with E-state index in [4.69, 9.17) is 5.11 Å². The first-order valence-corrected chi connectivity index (χ1v) is 4.79. The summed E-state index contributed by atoms with van der Waals surface area (Å²) >= 11 is 0. The smallest absolute Gasteiger partial charge is 0.157 e. The van der Waals surface area contributed by atoms with Gasteiger partial charge in [0.1, 0.15) is 0 Å². The van der Waals surface area contributed by atoms with Crippen molar-refractivity contribution in [3.63, 3.8) is 0 Å². The van der Waals surface area contributed by atoms with Crippen LogP contribution >= 0.6 is 0 Å². The van der Waals surface area contributed by atoms with Crippen LogP contribution in [-0.4, -0.2) is 16.2 Å². The molecule has 2 atom stereocenters. The molecule has 1 fully saturated rings. The molecule has 0 amide bonds. The topological polar surface area (TPSA) is 80.6 Å². The van der Waals surface area contributed by atoms with Crippen LogP contribution in [0, 0.1) is 5.92 Å². The summed E-state index contributed by atoms with van der Waals surface area (Å²) in [5, 5.41) is 28.7. The molecule has 15 heavy (non-hydrogen) atoms. The van der Waals surface area contributed by atoms with E-state index in [9.17, 15) is 15.0 Å². The van der Waals surface area contributed by atoms with Crippen LogP contribution in [0.3, 0.4) is 0 Å². The molecule has 1 aliphatic carbocycles. The zero-order valence-electron chi connectivity index (χ0n) is 8.01. The second-order valence-corrected chi connectivity index (χ2v) is 3.93. The molecule has 0 bridgehead atoms. The molecule has 2 N–H and O–H groups in total. The van der Waals surface area contributed by atoms with Crippen molar-refractivity contribution in [2.75, 3.05) is 0 Å². The average molecular weight is 207 g/mol. The minimum atomic E-state index is -1.04. The molecule has 2 rings (SSSR count). The van der Waals surface area contributed by atoms with Gasteiger partial charge in [0.2, 0.25) is 0 Å². The summed E-state index contributed by atoms with van der Waals surface area (Å²) in [5.41, 5.74) is 0.872. The molecular weight excluding hydrogens is 196 g/mol. The third-order valence-corrected chi connectivity index (χ3v) is 2.78. The number of rotatable bonds is 3. The van der Waals surface area contributed by atoms with Crippen molar-refractivity contribution in [1.82, 2.24) is 0 Å². The molecule has 0 spiro atoms. The van der Waals surface area contributed by atoms with Crippen LogP contribution in [0.2, 0.25) is 0 Å². The first kappa shape index (κ1) is 9.83. The van der Waals surface area contributed by atoms with Crippen LogP contribution in [0.25, 0.3) is 0 Å². The predicted octanol–water partition coefficient (Wildman–Crippen LogP) is 0.341. The third kappa shape index (κ3) is 2.03. The van der Waals surface area contributed by atoms with E-state index in [2.05, 4.69) is 0 Å². The number of carbonyl (C=O) groups is 1. The first-order valence-electron chi connectivity index (χ1n) is 4.79. The molecule has 1 saturated carbocycles. The van der Waals surface area contributed by atoms with E-state index in [-0.39, 0.29) is 29.8 Å². The molecule has 4 heteroatoms. The number of carboxylic acids is 1. The quantitative estimate of drug-likeness (QED) is 0.700. The molecule has 0 aliphatic heterocycles. The standard InChI is InChI=1S/C11H12O4/c12-9-2-1-6(4-10(9)13)8-3-7(8)5-11(14)15/h1-2,4,7-8,12-13H,3,5H2,(H,14,15)/p-1. The summed E-state index contributed by atoms with van der Waals surface area (Å²) in [5.74, 6) is -1.07. The van der Waals surface area contributed by atoms with Gasteiger partial charge >= 0.3 is 0 Å². The van der Waals surface area contributed by atoms with Gasteiger partial charge in [-0.05, 0) is 42.4 Å². The minimum absolute atomic E-state index is 0.0618. The molecule has 0 aromatic heterocycles. The highest BCUT2D eigenvalue weighted by Crippen LogP contribution is 2.50. The fraction of sp³-hybridized carbons (Fsp3) is 0.364. The zero-order valence-corrected chi connectivity index (χ0v) is 8.01. The Morgan fingerprint density at radius 1 is 1.40 bits per heavy atom. The summed E-state index contributed by atoms with van der Waals surface area (Å²) in [4.78, 5) is 10.3. The van der Waals surface area contributed by atoms with Crippen molar-refractivity contribution in [2.24, 2.45) is 5.92 Å². The third-order valence-electron chi connectivity index (χ3n) is 2.78. The zero-order chi connectivity index (χ0) is 11.0. The lowest BCUT2D eigenvalue weighted by Crippen LogP contribution is -2.22. The highest BCUT2D eigenvalue weighted by atomic mass is 16.4. The number of benzene rings is 1. The van der Waals surface area contributed by atoms with E-state index in [0.717, 1.165) is 12.0 Å². The highest BCUT2D eigenvalue weighted by Gasteiger charge is 2.38. The molecule has 1 aromatic carbocycles. The number of aliphatic carboxylic acids is 1. The normalized spacial score (nSPS) is 23.7. The molecule has 0 saturated heterocycles. The first-order chi connectivity index (χ1) is 7.08. The molecule has 1 aliphatic rings. The molecule has 80 valence electrons. The van der Waals surface area contributed by atoms with Crippen LogP contribution in [0.4, 0.5) is 0 Å². The SMILES string of the molecule is O=C([O-])CC1CC1c1ccc(O)c(O)c1. The molecular formula is C11H11O4-. The molecule has 0 radical (unpaired) electrons. The Balaban J connectivity index is 2.07. The van der Waals surface area contributed by atoms with Crippen LogP contribution in [-0.2, 0) is 4.79 Å². The van der Waals surface area contributed by atoms with Gasteiger partial charge in [-0.1, -0.05) is 6.07 Å². The lowest BCUT2D eigenvalue weighted by Gasteiger charge is -2.03. The Hall–Kier alpha value is -1.71. The molecule has 0 heterocycles. The average Bonchev–Trinajstić information content (AvgIpc) is 2.88. The van der Waals surface area contributed by atoms with Crippen LogP contribution in [0.5, 0.6) is 11.5 Å². The van der Waals surface area contributed by atoms with E-state index in [1.54, 1.807) is 6.07 Å². The van der Waals surface area contributed by atoms with Crippen molar-refractivity contribution < 1.29 is 20.1 Å². The summed E-state index contributed by atoms with van der Waals surface area (Å²) in [7, 11) is 0. The molecule has 2 unspecified atom stereocenters. The van der Waals surface area contributed by atoms with Crippen LogP contribution < -0.4 is 5.11 Å². The lowest BCUT2D eigenvalue weighted by atomic mass is 10.1. The van der Waals surface area contributed by atoms with Crippen molar-refractivity contribution >= 4 is 5.97 Å². The number of hydrogen-bond acceptors (Lipinski definition) is 4. The Labute approximate surface area is 86.8 Å². The summed E-state index contributed by atoms with van der Waals surface area (Å²) in [6, 6.07) is 4.60. The second kappa shape index (κ2) is 3.46. The molecule has 4 nitrogen and oxygen atoms in total. The Bertz CT molecular complexity index is 400. The highest BCUT2D eigenvalue weighted by molar-refractivity contribution is 5.65. The van der Waals surface area contributed by atoms with E-state index in [1.165, 1.54) is 12.1 Å². The number of aromatic hydroxyl groups is 2. The fourth-order valence-corrected chi connectivity index (χ4v) is 1.87. The largest absolute Gasteiger partial charge is 0.550 e. The summed E-state index contributed by atoms with van der Waals surface area (Å²) in [6.07, 6.45) is 0.866. The molecule has 1 aromatic rings. The number of carbonyl (C=O) groups excluding carboxylic acids is 1. The van der Waals surface area contributed by atoms with Crippen molar-refractivity contribution in [2.45, 2.75) is 18.8 Å². The van der Waals surface area contributed by atoms with Gasteiger partial charge in [0.15, 0.2) is 11.5 Å². The maximum atomic E-state index is 10.3. The van der Waals surface area contributed by atoms with Gasteiger partial charge in [-0.25, -0.2) is 0 Å². The van der Waals surface area contributed by atoms with Gasteiger partial charge in [-0.15, -0.1) is 0 Å². The lowest BCUT2D eigenvalue weighted by molar-refractivity contribution is -0.306. The van der Waals surface area contributed by atoms with Crippen molar-refractivity contribution in [3.05, 3.63) is 23.8 Å². The van der Waals surface area contributed by atoms with E-state index >= 15 is 0 Å². The van der Waals surface area contributed by atoms with Crippen LogP contribution in [0.1, 0.15) is 24.3 Å². The van der Waals surface area contributed by atoms with E-state index in [0.29, 0.717) is 0 Å². The van der Waals surface area contributed by atoms with Crippen molar-refractivity contribution in [1.29, 1.82) is 0 Å². The Morgan fingerprint density at radius 3 is 2.73 bits per heavy atom. The van der Waals surface area contributed by atoms with Gasteiger partial charge in [-0.2, -0.15) is 0 Å². The maximum absolute atomic E-state index is 10.3. The number of carboxylic acid groups (broad SMARTS) is 1. The Morgan fingerprint density at radius 2 is 2.13 bits per heavy atom. The van der Waals surface area contributed by atoms with Gasteiger partial charge in [-0.3, -0.25) is 0 Å². The van der Waals surface area contributed by atoms with Gasteiger partial charge in [0, 0.05) is 5.97 Å². The van der Waals surface area contributed by atoms with Crippen molar-refractivity contribution in [3.8, 4) is 11.5 Å². The van der Waals surface area contributed by atoms with Gasteiger partial charge in [0.25, 0.3) is 0 Å². The minimum Gasteiger partial charge on any atom is -0.550 e. The number of hydrogen-bond donors (Lipinski definition) is 2. The second-order valence-electron chi connectivity index (χ2n) is 3.93. The van der Waals surface area contributed by atoms with Gasteiger partial charge in [0.05, 0.1) is 0 Å². The maximum Gasteiger partial charge on any atom is 0.157 e. The van der Waals surface area contributed by atoms with Crippen LogP contribution in [0.15, 0.2) is 18.2 Å². The number of phenols is 2. The Kier molecular flexibility index (Phi) is 2.26. The monoisotopic (exact) mass is 207 g/mol. The summed E-state index contributed by atoms with van der Waals surface area (Å²) in [6.45, 7) is 0. The predicted molar refractivity (Wildman–Crippen MR) is 50.2 cm³/mol. The number of phenolic OH excluding ortho intramolecular Hbond substituents is 2. The fourth-order valence-electron chi connectivity index (χ4n) is 1.87. The summed E-state index contributed by atoms with van der Waals surface area (Å²) < 4.78 is 0.